The number of carbonyl (C=O) groups excluding carboxylic acids is 1. The maximum Gasteiger partial charge on any atom is 0.354 e. The van der Waals surface area contributed by atoms with E-state index in [0.717, 1.165) is 17.4 Å². The van der Waals surface area contributed by atoms with E-state index >= 15 is 0 Å². The summed E-state index contributed by atoms with van der Waals surface area (Å²) in [7, 11) is 0. The number of aldehydes is 1. The Morgan fingerprint density at radius 3 is 2.65 bits per heavy atom. The fourth-order valence-electron chi connectivity index (χ4n) is 1.52. The van der Waals surface area contributed by atoms with Gasteiger partial charge in [0.05, 0.1) is 0 Å². The summed E-state index contributed by atoms with van der Waals surface area (Å²) >= 11 is 0. The molecule has 84 valence electrons. The summed E-state index contributed by atoms with van der Waals surface area (Å²) in [5.74, 6) is -1.07. The van der Waals surface area contributed by atoms with Crippen LogP contribution in [0.1, 0.15) is 20.8 Å². The van der Waals surface area contributed by atoms with Crippen LogP contribution in [0, 0.1) is 0 Å². The standard InChI is InChI=1S/C13H9NO3/c15-8-9-2-1-3-10(6-9)11-4-5-14-12(7-11)13(16)17/h1-8H,(H,16,17). The lowest BCUT2D eigenvalue weighted by atomic mass is 10.0. The van der Waals surface area contributed by atoms with Crippen molar-refractivity contribution >= 4 is 12.3 Å². The van der Waals surface area contributed by atoms with Gasteiger partial charge in [0.25, 0.3) is 0 Å². The van der Waals surface area contributed by atoms with Crippen molar-refractivity contribution in [3.05, 3.63) is 53.9 Å². The minimum atomic E-state index is -1.07. The molecule has 0 aliphatic heterocycles. The second-order valence-electron chi connectivity index (χ2n) is 3.48. The van der Waals surface area contributed by atoms with E-state index in [4.69, 9.17) is 5.11 Å². The maximum atomic E-state index is 10.8. The number of aromatic nitrogens is 1. The van der Waals surface area contributed by atoms with Crippen molar-refractivity contribution in [3.63, 3.8) is 0 Å². The molecule has 1 heterocycles. The molecule has 0 amide bonds. The van der Waals surface area contributed by atoms with E-state index in [1.807, 2.05) is 6.07 Å². The van der Waals surface area contributed by atoms with Gasteiger partial charge >= 0.3 is 5.97 Å². The fourth-order valence-corrected chi connectivity index (χ4v) is 1.52. The highest BCUT2D eigenvalue weighted by atomic mass is 16.4. The van der Waals surface area contributed by atoms with Crippen LogP contribution in [0.5, 0.6) is 0 Å². The number of aromatic carboxylic acids is 1. The summed E-state index contributed by atoms with van der Waals surface area (Å²) in [5.41, 5.74) is 2.05. The molecule has 0 unspecified atom stereocenters. The highest BCUT2D eigenvalue weighted by Gasteiger charge is 2.06. The number of hydrogen-bond donors (Lipinski definition) is 1. The van der Waals surface area contributed by atoms with Gasteiger partial charge < -0.3 is 5.11 Å². The number of carboxylic acids is 1. The van der Waals surface area contributed by atoms with Crippen LogP contribution in [0.2, 0.25) is 0 Å². The second kappa shape index (κ2) is 4.57. The van der Waals surface area contributed by atoms with Crippen molar-refractivity contribution in [3.8, 4) is 11.1 Å². The van der Waals surface area contributed by atoms with E-state index in [2.05, 4.69) is 4.98 Å². The molecule has 0 radical (unpaired) electrons. The van der Waals surface area contributed by atoms with Crippen LogP contribution in [0.15, 0.2) is 42.6 Å². The van der Waals surface area contributed by atoms with Crippen molar-refractivity contribution in [2.75, 3.05) is 0 Å². The molecule has 2 rings (SSSR count). The van der Waals surface area contributed by atoms with Crippen molar-refractivity contribution in [2.24, 2.45) is 0 Å². The lowest BCUT2D eigenvalue weighted by Crippen LogP contribution is -1.99. The predicted molar refractivity (Wildman–Crippen MR) is 62.0 cm³/mol. The monoisotopic (exact) mass is 227 g/mol. The molecule has 4 heteroatoms. The molecule has 17 heavy (non-hydrogen) atoms. The highest BCUT2D eigenvalue weighted by molar-refractivity contribution is 5.87. The fraction of sp³-hybridized carbons (Fsp3) is 0. The van der Waals surface area contributed by atoms with E-state index in [0.29, 0.717) is 5.56 Å². The van der Waals surface area contributed by atoms with Crippen molar-refractivity contribution in [2.45, 2.75) is 0 Å². The van der Waals surface area contributed by atoms with Gasteiger partial charge in [-0.25, -0.2) is 9.78 Å². The Morgan fingerprint density at radius 2 is 1.94 bits per heavy atom. The van der Waals surface area contributed by atoms with Gasteiger partial charge in [-0.1, -0.05) is 18.2 Å². The molecule has 0 aliphatic rings. The molecule has 0 bridgehead atoms. The number of nitrogens with zero attached hydrogens (tertiary/aromatic N) is 1. The Balaban J connectivity index is 2.48. The maximum absolute atomic E-state index is 10.8. The smallest absolute Gasteiger partial charge is 0.354 e. The Morgan fingerprint density at radius 1 is 1.18 bits per heavy atom. The summed E-state index contributed by atoms with van der Waals surface area (Å²) < 4.78 is 0. The van der Waals surface area contributed by atoms with E-state index in [-0.39, 0.29) is 5.69 Å². The van der Waals surface area contributed by atoms with Crippen molar-refractivity contribution in [1.82, 2.24) is 4.98 Å². The first-order chi connectivity index (χ1) is 8.20. The third kappa shape index (κ3) is 2.36. The Hall–Kier alpha value is -2.49. The second-order valence-corrected chi connectivity index (χ2v) is 3.48. The van der Waals surface area contributed by atoms with E-state index in [9.17, 15) is 9.59 Å². The topological polar surface area (TPSA) is 67.3 Å². The van der Waals surface area contributed by atoms with Crippen LogP contribution in [0.3, 0.4) is 0 Å². The summed E-state index contributed by atoms with van der Waals surface area (Å²) in [5, 5.41) is 8.84. The zero-order valence-corrected chi connectivity index (χ0v) is 8.83. The number of benzene rings is 1. The normalized spacial score (nSPS) is 9.88. The van der Waals surface area contributed by atoms with Crippen LogP contribution >= 0.6 is 0 Å². The Bertz CT molecular complexity index is 578. The van der Waals surface area contributed by atoms with E-state index in [1.54, 1.807) is 24.3 Å². The number of carboxylic acid groups (broad SMARTS) is 1. The lowest BCUT2D eigenvalue weighted by molar-refractivity contribution is 0.0690. The quantitative estimate of drug-likeness (QED) is 0.816. The molecular weight excluding hydrogens is 218 g/mol. The minimum Gasteiger partial charge on any atom is -0.477 e. The molecule has 0 saturated carbocycles. The van der Waals surface area contributed by atoms with Gasteiger partial charge in [0.1, 0.15) is 12.0 Å². The van der Waals surface area contributed by atoms with Crippen LogP contribution in [-0.2, 0) is 0 Å². The predicted octanol–water partition coefficient (Wildman–Crippen LogP) is 2.26. The molecule has 2 aromatic rings. The zero-order valence-electron chi connectivity index (χ0n) is 8.83. The third-order valence-corrected chi connectivity index (χ3v) is 2.34. The molecule has 0 spiro atoms. The molecule has 0 saturated heterocycles. The van der Waals surface area contributed by atoms with E-state index < -0.39 is 5.97 Å². The van der Waals surface area contributed by atoms with Gasteiger partial charge in [0, 0.05) is 11.8 Å². The first-order valence-corrected chi connectivity index (χ1v) is 4.95. The number of hydrogen-bond acceptors (Lipinski definition) is 3. The Labute approximate surface area is 97.6 Å². The average molecular weight is 227 g/mol. The average Bonchev–Trinajstić information content (AvgIpc) is 2.39. The van der Waals surface area contributed by atoms with Gasteiger partial charge in [-0.2, -0.15) is 0 Å². The summed E-state index contributed by atoms with van der Waals surface area (Å²) in [6, 6.07) is 10.1. The van der Waals surface area contributed by atoms with Crippen molar-refractivity contribution < 1.29 is 14.7 Å². The van der Waals surface area contributed by atoms with Crippen LogP contribution in [0.4, 0.5) is 0 Å². The van der Waals surface area contributed by atoms with Gasteiger partial charge in [-0.3, -0.25) is 4.79 Å². The van der Waals surface area contributed by atoms with Gasteiger partial charge in [-0.05, 0) is 29.3 Å². The summed E-state index contributed by atoms with van der Waals surface area (Å²) in [6.07, 6.45) is 2.19. The van der Waals surface area contributed by atoms with Gasteiger partial charge in [-0.15, -0.1) is 0 Å². The first kappa shape index (κ1) is 11.0. The largest absolute Gasteiger partial charge is 0.477 e. The van der Waals surface area contributed by atoms with Crippen LogP contribution in [-0.4, -0.2) is 22.3 Å². The summed E-state index contributed by atoms with van der Waals surface area (Å²) in [6.45, 7) is 0. The van der Waals surface area contributed by atoms with Crippen LogP contribution < -0.4 is 0 Å². The highest BCUT2D eigenvalue weighted by Crippen LogP contribution is 2.20. The first-order valence-electron chi connectivity index (χ1n) is 4.95. The number of carbonyl (C=O) groups is 2. The molecule has 0 aliphatic carbocycles. The van der Waals surface area contributed by atoms with E-state index in [1.165, 1.54) is 12.3 Å². The van der Waals surface area contributed by atoms with Crippen LogP contribution in [0.25, 0.3) is 11.1 Å². The third-order valence-electron chi connectivity index (χ3n) is 2.34. The lowest BCUT2D eigenvalue weighted by Gasteiger charge is -2.03. The molecule has 1 aromatic heterocycles. The molecule has 4 nitrogen and oxygen atoms in total. The Kier molecular flexibility index (Phi) is 2.96. The number of pyridine rings is 1. The molecule has 0 atom stereocenters. The zero-order chi connectivity index (χ0) is 12.3. The van der Waals surface area contributed by atoms with Crippen molar-refractivity contribution in [1.29, 1.82) is 0 Å². The molecule has 1 N–H and O–H groups in total. The summed E-state index contributed by atoms with van der Waals surface area (Å²) in [4.78, 5) is 25.2. The molecule has 1 aromatic carbocycles. The van der Waals surface area contributed by atoms with Gasteiger partial charge in [0.2, 0.25) is 0 Å². The van der Waals surface area contributed by atoms with Gasteiger partial charge in [0.15, 0.2) is 0 Å². The minimum absolute atomic E-state index is 0.0148. The molecular formula is C13H9NO3. The SMILES string of the molecule is O=Cc1cccc(-c2ccnc(C(=O)O)c2)c1. The number of rotatable bonds is 3. The molecule has 0 fully saturated rings.